The van der Waals surface area contributed by atoms with Gasteiger partial charge in [0.2, 0.25) is 0 Å². The Morgan fingerprint density at radius 3 is 1.91 bits per heavy atom. The molecule has 0 bridgehead atoms. The summed E-state index contributed by atoms with van der Waals surface area (Å²) in [6.45, 7) is 2.24. The summed E-state index contributed by atoms with van der Waals surface area (Å²) in [6.07, 6.45) is 8.54. The van der Waals surface area contributed by atoms with Gasteiger partial charge in [0, 0.05) is 26.2 Å². The maximum Gasteiger partial charge on any atom is 0.289 e. The molecule has 0 aliphatic carbocycles. The molecule has 0 heterocycles. The minimum absolute atomic E-state index is 0.0302. The number of ether oxygens (including phenoxy) is 3. The number of thiol groups is 1. The first-order chi connectivity index (χ1) is 11.1. The van der Waals surface area contributed by atoms with E-state index in [2.05, 4.69) is 31.7 Å². The molecule has 0 saturated heterocycles. The molecule has 0 N–H and O–H groups in total. The quantitative estimate of drug-likeness (QED) is 0.313. The number of benzene rings is 1. The highest BCUT2D eigenvalue weighted by atomic mass is 32.1. The van der Waals surface area contributed by atoms with Gasteiger partial charge in [-0.05, 0) is 24.1 Å². The first kappa shape index (κ1) is 20.5. The Morgan fingerprint density at radius 1 is 0.870 bits per heavy atom. The number of unbranched alkanes of at least 4 members (excludes halogenated alkanes) is 5. The van der Waals surface area contributed by atoms with Crippen molar-refractivity contribution >= 4 is 12.6 Å². The monoisotopic (exact) mass is 340 g/mol. The first-order valence-corrected chi connectivity index (χ1v) is 9.02. The molecule has 1 atom stereocenters. The molecule has 0 spiro atoms. The summed E-state index contributed by atoms with van der Waals surface area (Å²) in [5.74, 6) is -1.01. The van der Waals surface area contributed by atoms with Gasteiger partial charge in [0.05, 0.1) is 5.92 Å². The van der Waals surface area contributed by atoms with Gasteiger partial charge >= 0.3 is 0 Å². The fourth-order valence-electron chi connectivity index (χ4n) is 3.06. The van der Waals surface area contributed by atoms with Crippen LogP contribution in [-0.4, -0.2) is 27.3 Å². The lowest BCUT2D eigenvalue weighted by Gasteiger charge is -2.36. The minimum atomic E-state index is -1.04. The van der Waals surface area contributed by atoms with E-state index in [4.69, 9.17) is 14.2 Å². The molecule has 0 aromatic heterocycles. The second kappa shape index (κ2) is 11.1. The van der Waals surface area contributed by atoms with Gasteiger partial charge in [0.15, 0.2) is 0 Å². The van der Waals surface area contributed by atoms with Crippen molar-refractivity contribution in [3.63, 3.8) is 0 Å². The highest BCUT2D eigenvalue weighted by Gasteiger charge is 2.40. The lowest BCUT2D eigenvalue weighted by atomic mass is 9.90. The smallest absolute Gasteiger partial charge is 0.289 e. The van der Waals surface area contributed by atoms with Crippen LogP contribution in [0.5, 0.6) is 0 Å². The van der Waals surface area contributed by atoms with Gasteiger partial charge in [-0.2, -0.15) is 0 Å². The molecule has 0 aliphatic heterocycles. The Bertz CT molecular complexity index is 407. The highest BCUT2D eigenvalue weighted by Crippen LogP contribution is 2.37. The Balaban J connectivity index is 2.78. The zero-order chi connectivity index (χ0) is 17.1. The van der Waals surface area contributed by atoms with Crippen LogP contribution < -0.4 is 0 Å². The van der Waals surface area contributed by atoms with Gasteiger partial charge in [0.1, 0.15) is 0 Å². The molecule has 3 nitrogen and oxygen atoms in total. The molecule has 1 aromatic rings. The molecule has 0 radical (unpaired) electrons. The maximum atomic E-state index is 5.62. The Morgan fingerprint density at radius 2 is 1.39 bits per heavy atom. The van der Waals surface area contributed by atoms with Crippen molar-refractivity contribution in [1.29, 1.82) is 0 Å². The molecule has 4 heteroatoms. The van der Waals surface area contributed by atoms with Crippen LogP contribution in [0.3, 0.4) is 0 Å². The van der Waals surface area contributed by atoms with Gasteiger partial charge in [0.25, 0.3) is 5.97 Å². The fraction of sp³-hybridized carbons (Fsp3) is 0.684. The Kier molecular flexibility index (Phi) is 9.88. The summed E-state index contributed by atoms with van der Waals surface area (Å²) >= 11 is 4.37. The van der Waals surface area contributed by atoms with Crippen molar-refractivity contribution in [2.75, 3.05) is 21.3 Å². The van der Waals surface area contributed by atoms with Crippen molar-refractivity contribution in [2.45, 2.75) is 68.7 Å². The average molecular weight is 341 g/mol. The third kappa shape index (κ3) is 6.11. The second-order valence-electron chi connectivity index (χ2n) is 5.92. The number of methoxy groups -OCH3 is 3. The van der Waals surface area contributed by atoms with Crippen LogP contribution in [0.25, 0.3) is 0 Å². The normalized spacial score (nSPS) is 13.3. The van der Waals surface area contributed by atoms with Gasteiger partial charge in [-0.15, -0.1) is 12.6 Å². The van der Waals surface area contributed by atoms with Gasteiger partial charge < -0.3 is 14.2 Å². The Labute approximate surface area is 147 Å². The van der Waals surface area contributed by atoms with E-state index in [1.165, 1.54) is 32.1 Å². The predicted molar refractivity (Wildman–Crippen MR) is 98.2 cm³/mol. The molecule has 1 rings (SSSR count). The Hall–Kier alpha value is -0.550. The number of hydrogen-bond donors (Lipinski definition) is 1. The third-order valence-electron chi connectivity index (χ3n) is 4.42. The van der Waals surface area contributed by atoms with Gasteiger partial charge in [-0.1, -0.05) is 57.6 Å². The van der Waals surface area contributed by atoms with Crippen molar-refractivity contribution < 1.29 is 14.2 Å². The lowest BCUT2D eigenvalue weighted by Crippen LogP contribution is -2.42. The van der Waals surface area contributed by atoms with Crippen LogP contribution in [0.1, 0.15) is 63.4 Å². The van der Waals surface area contributed by atoms with Crippen LogP contribution >= 0.6 is 12.6 Å². The van der Waals surface area contributed by atoms with Crippen molar-refractivity contribution in [1.82, 2.24) is 0 Å². The SMILES string of the molecule is CCCCCCCCC(c1ccc(S)cc1)C(OC)(OC)OC. The molecule has 1 unspecified atom stereocenters. The molecule has 0 saturated carbocycles. The summed E-state index contributed by atoms with van der Waals surface area (Å²) in [7, 11) is 4.90. The van der Waals surface area contributed by atoms with E-state index < -0.39 is 5.97 Å². The van der Waals surface area contributed by atoms with Crippen molar-refractivity contribution in [3.05, 3.63) is 29.8 Å². The van der Waals surface area contributed by atoms with E-state index in [-0.39, 0.29) is 5.92 Å². The highest BCUT2D eigenvalue weighted by molar-refractivity contribution is 7.80. The van der Waals surface area contributed by atoms with Crippen LogP contribution in [0.2, 0.25) is 0 Å². The van der Waals surface area contributed by atoms with Gasteiger partial charge in [-0.3, -0.25) is 0 Å². The fourth-order valence-corrected chi connectivity index (χ4v) is 3.21. The summed E-state index contributed by atoms with van der Waals surface area (Å²) in [5, 5.41) is 0. The molecule has 0 amide bonds. The second-order valence-corrected chi connectivity index (χ2v) is 6.43. The van der Waals surface area contributed by atoms with E-state index in [0.29, 0.717) is 0 Å². The molecular weight excluding hydrogens is 308 g/mol. The van der Waals surface area contributed by atoms with Crippen LogP contribution in [0.4, 0.5) is 0 Å². The summed E-state index contributed by atoms with van der Waals surface area (Å²) < 4.78 is 16.8. The number of hydrogen-bond acceptors (Lipinski definition) is 4. The lowest BCUT2D eigenvalue weighted by molar-refractivity contribution is -0.365. The van der Waals surface area contributed by atoms with E-state index in [1.54, 1.807) is 21.3 Å². The molecular formula is C19H32O3S. The zero-order valence-electron chi connectivity index (χ0n) is 15.0. The average Bonchev–Trinajstić information content (AvgIpc) is 2.59. The third-order valence-corrected chi connectivity index (χ3v) is 4.72. The molecule has 0 fully saturated rings. The summed E-state index contributed by atoms with van der Waals surface area (Å²) in [5.41, 5.74) is 1.15. The van der Waals surface area contributed by atoms with Crippen molar-refractivity contribution in [2.24, 2.45) is 0 Å². The zero-order valence-corrected chi connectivity index (χ0v) is 15.9. The first-order valence-electron chi connectivity index (χ1n) is 8.57. The van der Waals surface area contributed by atoms with Crippen LogP contribution in [-0.2, 0) is 14.2 Å². The number of rotatable bonds is 12. The topological polar surface area (TPSA) is 27.7 Å². The minimum Gasteiger partial charge on any atom is -0.330 e. The van der Waals surface area contributed by atoms with Gasteiger partial charge in [-0.25, -0.2) is 0 Å². The molecule has 0 aliphatic rings. The molecule has 1 aromatic carbocycles. The molecule has 23 heavy (non-hydrogen) atoms. The standard InChI is InChI=1S/C19H32O3S/c1-5-6-7-8-9-10-11-18(19(20-2,21-3)22-4)16-12-14-17(23)15-13-16/h12-15,18,23H,5-11H2,1-4H3. The van der Waals surface area contributed by atoms with Crippen LogP contribution in [0.15, 0.2) is 29.2 Å². The van der Waals surface area contributed by atoms with E-state index in [9.17, 15) is 0 Å². The predicted octanol–water partition coefficient (Wildman–Crippen LogP) is 5.40. The van der Waals surface area contributed by atoms with E-state index in [1.807, 2.05) is 12.1 Å². The van der Waals surface area contributed by atoms with E-state index in [0.717, 1.165) is 23.3 Å². The van der Waals surface area contributed by atoms with Crippen molar-refractivity contribution in [3.8, 4) is 0 Å². The largest absolute Gasteiger partial charge is 0.330 e. The molecule has 132 valence electrons. The van der Waals surface area contributed by atoms with E-state index >= 15 is 0 Å². The maximum absolute atomic E-state index is 5.62. The summed E-state index contributed by atoms with van der Waals surface area (Å²) in [4.78, 5) is 0.949. The summed E-state index contributed by atoms with van der Waals surface area (Å²) in [6, 6.07) is 8.16. The van der Waals surface area contributed by atoms with Crippen LogP contribution in [0, 0.1) is 0 Å².